The van der Waals surface area contributed by atoms with Crippen molar-refractivity contribution >= 4 is 33.9 Å². The lowest BCUT2D eigenvalue weighted by molar-refractivity contribution is -0.132. The maximum absolute atomic E-state index is 13.3. The van der Waals surface area contributed by atoms with Gasteiger partial charge in [0.05, 0.1) is 30.2 Å². The molecule has 0 spiro atoms. The van der Waals surface area contributed by atoms with Crippen LogP contribution in [0, 0.1) is 0 Å². The Morgan fingerprint density at radius 3 is 2.47 bits per heavy atom. The third-order valence-corrected chi connectivity index (χ3v) is 5.65. The number of hydrogen-bond acceptors (Lipinski definition) is 5. The van der Waals surface area contributed by atoms with E-state index in [-0.39, 0.29) is 11.3 Å². The van der Waals surface area contributed by atoms with Crippen LogP contribution in [-0.4, -0.2) is 23.9 Å². The molecule has 4 aromatic rings. The normalized spacial score (nSPS) is 17.8. The molecule has 1 saturated heterocycles. The van der Waals surface area contributed by atoms with Crippen molar-refractivity contribution in [2.24, 2.45) is 0 Å². The van der Waals surface area contributed by atoms with E-state index in [0.717, 1.165) is 10.8 Å². The van der Waals surface area contributed by atoms with Gasteiger partial charge in [-0.25, -0.2) is 0 Å². The Balaban J connectivity index is 1.78. The van der Waals surface area contributed by atoms with Crippen molar-refractivity contribution < 1.29 is 23.8 Å². The first-order valence-corrected chi connectivity index (χ1v) is 10.1. The van der Waals surface area contributed by atoms with Crippen LogP contribution < -0.4 is 9.64 Å². The number of ketones is 1. The van der Waals surface area contributed by atoms with E-state index in [1.54, 1.807) is 42.5 Å². The molecule has 6 nitrogen and oxygen atoms in total. The van der Waals surface area contributed by atoms with Gasteiger partial charge in [-0.15, -0.1) is 0 Å². The van der Waals surface area contributed by atoms with Crippen molar-refractivity contribution in [3.8, 4) is 5.75 Å². The van der Waals surface area contributed by atoms with Gasteiger partial charge in [-0.3, -0.25) is 14.5 Å². The predicted octanol–water partition coefficient (Wildman–Crippen LogP) is 5.07. The quantitative estimate of drug-likeness (QED) is 0.281. The molecule has 6 heteroatoms. The number of aliphatic hydroxyl groups is 1. The highest BCUT2D eigenvalue weighted by Crippen LogP contribution is 2.45. The average molecular weight is 425 g/mol. The van der Waals surface area contributed by atoms with Crippen molar-refractivity contribution in [2.45, 2.75) is 6.04 Å². The minimum Gasteiger partial charge on any atom is -0.507 e. The summed E-state index contributed by atoms with van der Waals surface area (Å²) in [6.45, 7) is 0. The van der Waals surface area contributed by atoms with Gasteiger partial charge in [0.25, 0.3) is 11.7 Å². The molecule has 0 saturated carbocycles. The maximum Gasteiger partial charge on any atom is 0.300 e. The van der Waals surface area contributed by atoms with E-state index in [2.05, 4.69) is 0 Å². The predicted molar refractivity (Wildman–Crippen MR) is 120 cm³/mol. The number of aliphatic hydroxyl groups excluding tert-OH is 1. The highest BCUT2D eigenvalue weighted by atomic mass is 16.5. The molecule has 158 valence electrons. The molecule has 1 aliphatic heterocycles. The number of furan rings is 1. The molecule has 1 aliphatic rings. The van der Waals surface area contributed by atoms with Gasteiger partial charge in [-0.05, 0) is 35.7 Å². The summed E-state index contributed by atoms with van der Waals surface area (Å²) in [6, 6.07) is 22.4. The van der Waals surface area contributed by atoms with Crippen LogP contribution in [0.1, 0.15) is 17.4 Å². The molecule has 1 amide bonds. The van der Waals surface area contributed by atoms with Crippen LogP contribution in [0.4, 0.5) is 5.69 Å². The van der Waals surface area contributed by atoms with Gasteiger partial charge in [0.1, 0.15) is 23.3 Å². The van der Waals surface area contributed by atoms with Gasteiger partial charge in [0, 0.05) is 5.39 Å². The number of rotatable bonds is 4. The van der Waals surface area contributed by atoms with Crippen LogP contribution >= 0.6 is 0 Å². The lowest BCUT2D eigenvalue weighted by atomic mass is 9.98. The number of Topliss-reactive ketones (excluding diaryl/α,β-unsaturated/α-hetero) is 1. The molecule has 1 atom stereocenters. The van der Waals surface area contributed by atoms with Crippen molar-refractivity contribution in [3.63, 3.8) is 0 Å². The Morgan fingerprint density at radius 2 is 1.69 bits per heavy atom. The molecule has 0 aliphatic carbocycles. The fourth-order valence-electron chi connectivity index (χ4n) is 4.20. The van der Waals surface area contributed by atoms with E-state index in [0.29, 0.717) is 22.8 Å². The summed E-state index contributed by atoms with van der Waals surface area (Å²) >= 11 is 0. The number of hydrogen-bond donors (Lipinski definition) is 1. The highest BCUT2D eigenvalue weighted by molar-refractivity contribution is 6.52. The molecule has 1 N–H and O–H groups in total. The lowest BCUT2D eigenvalue weighted by Crippen LogP contribution is -2.29. The number of para-hydroxylation sites is 1. The summed E-state index contributed by atoms with van der Waals surface area (Å²) in [5.41, 5.74) is 0.829. The summed E-state index contributed by atoms with van der Waals surface area (Å²) < 4.78 is 11.0. The molecule has 1 aromatic heterocycles. The molecule has 3 aromatic carbocycles. The van der Waals surface area contributed by atoms with Crippen molar-refractivity contribution in [2.75, 3.05) is 12.0 Å². The minimum atomic E-state index is -0.930. The zero-order valence-corrected chi connectivity index (χ0v) is 17.2. The Hall–Kier alpha value is -4.32. The molecular weight excluding hydrogens is 406 g/mol. The fourth-order valence-corrected chi connectivity index (χ4v) is 4.20. The number of fused-ring (bicyclic) bond motifs is 1. The van der Waals surface area contributed by atoms with E-state index in [4.69, 9.17) is 9.15 Å². The number of anilines is 1. The molecular formula is C26H19NO5. The largest absolute Gasteiger partial charge is 0.507 e. The Morgan fingerprint density at radius 1 is 0.938 bits per heavy atom. The molecule has 5 rings (SSSR count). The van der Waals surface area contributed by atoms with E-state index in [9.17, 15) is 14.7 Å². The SMILES string of the molecule is COc1ccccc1/C(O)=C1/C(=O)C(=O)N(c2cccc3ccccc23)C1c1ccco1. The van der Waals surface area contributed by atoms with Gasteiger partial charge in [-0.2, -0.15) is 0 Å². The molecule has 1 fully saturated rings. The van der Waals surface area contributed by atoms with Crippen LogP contribution in [-0.2, 0) is 9.59 Å². The van der Waals surface area contributed by atoms with Crippen LogP contribution in [0.3, 0.4) is 0 Å². The van der Waals surface area contributed by atoms with Crippen LogP contribution in [0.5, 0.6) is 5.75 Å². The smallest absolute Gasteiger partial charge is 0.300 e. The monoisotopic (exact) mass is 425 g/mol. The number of nitrogens with zero attached hydrogens (tertiary/aromatic N) is 1. The van der Waals surface area contributed by atoms with Gasteiger partial charge < -0.3 is 14.3 Å². The number of ether oxygens (including phenoxy) is 1. The van der Waals surface area contributed by atoms with Gasteiger partial charge >= 0.3 is 0 Å². The van der Waals surface area contributed by atoms with Crippen LogP contribution in [0.2, 0.25) is 0 Å². The van der Waals surface area contributed by atoms with E-state index in [1.807, 2.05) is 36.4 Å². The molecule has 0 radical (unpaired) electrons. The Bertz CT molecular complexity index is 1360. The summed E-state index contributed by atoms with van der Waals surface area (Å²) in [5, 5.41) is 13.0. The lowest BCUT2D eigenvalue weighted by Gasteiger charge is -2.24. The zero-order chi connectivity index (χ0) is 22.2. The standard InChI is InChI=1S/C26H19NO5/c1-31-20-13-5-4-11-18(20)24(28)22-23(21-14-7-15-32-21)27(26(30)25(22)29)19-12-6-9-16-8-2-3-10-17(16)19/h2-15,23,28H,1H3/b24-22-. The third kappa shape index (κ3) is 2.96. The van der Waals surface area contributed by atoms with Gasteiger partial charge in [-0.1, -0.05) is 48.5 Å². The second-order valence-electron chi connectivity index (χ2n) is 7.38. The van der Waals surface area contributed by atoms with Crippen LogP contribution in [0.25, 0.3) is 16.5 Å². The maximum atomic E-state index is 13.3. The van der Waals surface area contributed by atoms with Crippen LogP contribution in [0.15, 0.2) is 95.1 Å². The number of benzene rings is 3. The molecule has 2 heterocycles. The second-order valence-corrected chi connectivity index (χ2v) is 7.38. The van der Waals surface area contributed by atoms with E-state index < -0.39 is 17.7 Å². The molecule has 0 bridgehead atoms. The number of methoxy groups -OCH3 is 1. The minimum absolute atomic E-state index is 0.0533. The second kappa shape index (κ2) is 7.74. The molecule has 32 heavy (non-hydrogen) atoms. The third-order valence-electron chi connectivity index (χ3n) is 5.65. The van der Waals surface area contributed by atoms with Gasteiger partial charge in [0.15, 0.2) is 0 Å². The summed E-state index contributed by atoms with van der Waals surface area (Å²) in [5.74, 6) is -1.08. The Labute approximate surface area is 184 Å². The summed E-state index contributed by atoms with van der Waals surface area (Å²) in [4.78, 5) is 28.0. The summed E-state index contributed by atoms with van der Waals surface area (Å²) in [7, 11) is 1.48. The van der Waals surface area contributed by atoms with E-state index in [1.165, 1.54) is 18.3 Å². The van der Waals surface area contributed by atoms with Crippen molar-refractivity contribution in [3.05, 3.63) is 102 Å². The first-order chi connectivity index (χ1) is 15.6. The fraction of sp³-hybridized carbons (Fsp3) is 0.0769. The number of carbonyl (C=O) groups is 2. The number of carbonyl (C=O) groups excluding carboxylic acids is 2. The summed E-state index contributed by atoms with van der Waals surface area (Å²) in [6.07, 6.45) is 1.47. The first-order valence-electron chi connectivity index (χ1n) is 10.1. The first kappa shape index (κ1) is 19.6. The highest BCUT2D eigenvalue weighted by Gasteiger charge is 2.48. The average Bonchev–Trinajstić information content (AvgIpc) is 3.45. The molecule has 1 unspecified atom stereocenters. The van der Waals surface area contributed by atoms with Crippen molar-refractivity contribution in [1.29, 1.82) is 0 Å². The van der Waals surface area contributed by atoms with E-state index >= 15 is 0 Å². The Kier molecular flexibility index (Phi) is 4.75. The topological polar surface area (TPSA) is 80.0 Å². The van der Waals surface area contributed by atoms with Crippen molar-refractivity contribution in [1.82, 2.24) is 0 Å². The van der Waals surface area contributed by atoms with Gasteiger partial charge in [0.2, 0.25) is 0 Å². The number of amides is 1. The zero-order valence-electron chi connectivity index (χ0n) is 17.2.